The highest BCUT2D eigenvalue weighted by molar-refractivity contribution is 5.52. The van der Waals surface area contributed by atoms with Gasteiger partial charge < -0.3 is 0 Å². The lowest BCUT2D eigenvalue weighted by atomic mass is 9.97. The van der Waals surface area contributed by atoms with E-state index in [9.17, 15) is 0 Å². The molecule has 2 rings (SSSR count). The van der Waals surface area contributed by atoms with Gasteiger partial charge in [-0.05, 0) is 17.5 Å². The van der Waals surface area contributed by atoms with Gasteiger partial charge in [0.15, 0.2) is 5.82 Å². The van der Waals surface area contributed by atoms with Gasteiger partial charge in [0.05, 0.1) is 0 Å². The molecule has 0 aliphatic rings. The Hall–Kier alpha value is -1.71. The molecule has 2 aromatic heterocycles. The highest BCUT2D eigenvalue weighted by Gasteiger charge is 2.12. The molecule has 0 unspecified atom stereocenters. The number of aromatic nitrogens is 4. The van der Waals surface area contributed by atoms with Gasteiger partial charge in [-0.25, -0.2) is 4.98 Å². The molecule has 0 atom stereocenters. The standard InChI is InChI=1S/C12H16N4/c1-12(2,3)8-16-9-14-11(15-16)10-4-6-13-7-5-10/h4-7,9H,8H2,1-3H3. The largest absolute Gasteiger partial charge is 0.265 e. The van der Waals surface area contributed by atoms with Crippen LogP contribution in [0.1, 0.15) is 20.8 Å². The van der Waals surface area contributed by atoms with Crippen molar-refractivity contribution < 1.29 is 0 Å². The zero-order chi connectivity index (χ0) is 11.6. The minimum absolute atomic E-state index is 0.212. The van der Waals surface area contributed by atoms with E-state index in [4.69, 9.17) is 0 Å². The van der Waals surface area contributed by atoms with Crippen molar-refractivity contribution in [1.82, 2.24) is 19.7 Å². The van der Waals surface area contributed by atoms with Crippen molar-refractivity contribution in [3.63, 3.8) is 0 Å². The van der Waals surface area contributed by atoms with E-state index in [2.05, 4.69) is 35.8 Å². The van der Waals surface area contributed by atoms with E-state index in [1.165, 1.54) is 0 Å². The van der Waals surface area contributed by atoms with Gasteiger partial charge in [-0.2, -0.15) is 5.10 Å². The molecule has 4 heteroatoms. The minimum Gasteiger partial charge on any atom is -0.265 e. The topological polar surface area (TPSA) is 43.6 Å². The lowest BCUT2D eigenvalue weighted by Gasteiger charge is -2.16. The number of pyridine rings is 1. The van der Waals surface area contributed by atoms with Crippen LogP contribution in [-0.2, 0) is 6.54 Å². The first-order valence-electron chi connectivity index (χ1n) is 5.34. The number of nitrogens with zero attached hydrogens (tertiary/aromatic N) is 4. The Morgan fingerprint density at radius 1 is 1.19 bits per heavy atom. The molecule has 2 aromatic rings. The molecule has 4 nitrogen and oxygen atoms in total. The maximum atomic E-state index is 4.44. The van der Waals surface area contributed by atoms with Crippen molar-refractivity contribution in [3.05, 3.63) is 30.9 Å². The molecule has 0 aliphatic carbocycles. The van der Waals surface area contributed by atoms with Crippen molar-refractivity contribution in [3.8, 4) is 11.4 Å². The van der Waals surface area contributed by atoms with Gasteiger partial charge in [-0.15, -0.1) is 0 Å². The molecule has 0 fully saturated rings. The van der Waals surface area contributed by atoms with E-state index < -0.39 is 0 Å². The van der Waals surface area contributed by atoms with E-state index in [1.54, 1.807) is 18.7 Å². The third-order valence-corrected chi connectivity index (χ3v) is 2.11. The lowest BCUT2D eigenvalue weighted by Crippen LogP contribution is -2.15. The van der Waals surface area contributed by atoms with Gasteiger partial charge in [-0.1, -0.05) is 20.8 Å². The summed E-state index contributed by atoms with van der Waals surface area (Å²) in [6.45, 7) is 7.41. The zero-order valence-corrected chi connectivity index (χ0v) is 9.88. The highest BCUT2D eigenvalue weighted by atomic mass is 15.3. The highest BCUT2D eigenvalue weighted by Crippen LogP contribution is 2.17. The Balaban J connectivity index is 2.21. The van der Waals surface area contributed by atoms with Gasteiger partial charge >= 0.3 is 0 Å². The van der Waals surface area contributed by atoms with Gasteiger partial charge in [0, 0.05) is 24.5 Å². The second-order valence-electron chi connectivity index (χ2n) is 5.06. The van der Waals surface area contributed by atoms with Gasteiger partial charge in [0.2, 0.25) is 0 Å². The Bertz CT molecular complexity index is 453. The summed E-state index contributed by atoms with van der Waals surface area (Å²) in [7, 11) is 0. The monoisotopic (exact) mass is 216 g/mol. The summed E-state index contributed by atoms with van der Waals surface area (Å²) in [4.78, 5) is 8.27. The summed E-state index contributed by atoms with van der Waals surface area (Å²) in [5.74, 6) is 0.756. The SMILES string of the molecule is CC(C)(C)Cn1cnc(-c2ccncc2)n1. The maximum absolute atomic E-state index is 4.44. The predicted molar refractivity (Wildman–Crippen MR) is 62.7 cm³/mol. The minimum atomic E-state index is 0.212. The van der Waals surface area contributed by atoms with Crippen LogP contribution in [0.15, 0.2) is 30.9 Å². The maximum Gasteiger partial charge on any atom is 0.181 e. The molecule has 0 aliphatic heterocycles. The first-order valence-corrected chi connectivity index (χ1v) is 5.34. The molecule has 84 valence electrons. The fraction of sp³-hybridized carbons (Fsp3) is 0.417. The van der Waals surface area contributed by atoms with Crippen molar-refractivity contribution in [2.24, 2.45) is 5.41 Å². The van der Waals surface area contributed by atoms with Gasteiger partial charge in [-0.3, -0.25) is 9.67 Å². The Morgan fingerprint density at radius 2 is 1.88 bits per heavy atom. The molecular weight excluding hydrogens is 200 g/mol. The first kappa shape index (κ1) is 10.8. The van der Waals surface area contributed by atoms with E-state index in [0.717, 1.165) is 17.9 Å². The van der Waals surface area contributed by atoms with E-state index in [0.29, 0.717) is 0 Å². The molecule has 0 saturated heterocycles. The van der Waals surface area contributed by atoms with Crippen LogP contribution in [0.5, 0.6) is 0 Å². The van der Waals surface area contributed by atoms with Crippen LogP contribution in [0.2, 0.25) is 0 Å². The molecule has 0 amide bonds. The van der Waals surface area contributed by atoms with Crippen molar-refractivity contribution in [2.45, 2.75) is 27.3 Å². The summed E-state index contributed by atoms with van der Waals surface area (Å²) in [6.07, 6.45) is 5.28. The van der Waals surface area contributed by atoms with Crippen LogP contribution in [0.25, 0.3) is 11.4 Å². The predicted octanol–water partition coefficient (Wildman–Crippen LogP) is 2.39. The lowest BCUT2D eigenvalue weighted by molar-refractivity contribution is 0.325. The molecule has 0 radical (unpaired) electrons. The van der Waals surface area contributed by atoms with Crippen LogP contribution < -0.4 is 0 Å². The number of hydrogen-bond donors (Lipinski definition) is 0. The number of hydrogen-bond acceptors (Lipinski definition) is 3. The molecule has 0 spiro atoms. The molecule has 0 saturated carbocycles. The Labute approximate surface area is 95.4 Å². The quantitative estimate of drug-likeness (QED) is 0.774. The first-order chi connectivity index (χ1) is 7.54. The van der Waals surface area contributed by atoms with Crippen molar-refractivity contribution in [1.29, 1.82) is 0 Å². The van der Waals surface area contributed by atoms with E-state index in [-0.39, 0.29) is 5.41 Å². The van der Waals surface area contributed by atoms with Crippen molar-refractivity contribution >= 4 is 0 Å². The molecule has 16 heavy (non-hydrogen) atoms. The van der Waals surface area contributed by atoms with Gasteiger partial charge in [0.25, 0.3) is 0 Å². The third kappa shape index (κ3) is 2.66. The molecule has 0 aromatic carbocycles. The van der Waals surface area contributed by atoms with Gasteiger partial charge in [0.1, 0.15) is 6.33 Å². The fourth-order valence-corrected chi connectivity index (χ4v) is 1.49. The second-order valence-corrected chi connectivity index (χ2v) is 5.06. The molecular formula is C12H16N4. The Kier molecular flexibility index (Phi) is 2.73. The summed E-state index contributed by atoms with van der Waals surface area (Å²) < 4.78 is 1.88. The average molecular weight is 216 g/mol. The summed E-state index contributed by atoms with van der Waals surface area (Å²) >= 11 is 0. The molecule has 0 N–H and O–H groups in total. The molecule has 2 heterocycles. The van der Waals surface area contributed by atoms with Crippen LogP contribution >= 0.6 is 0 Å². The normalized spacial score (nSPS) is 11.7. The van der Waals surface area contributed by atoms with Crippen molar-refractivity contribution in [2.75, 3.05) is 0 Å². The second kappa shape index (κ2) is 4.04. The van der Waals surface area contributed by atoms with Crippen LogP contribution in [0, 0.1) is 5.41 Å². The Morgan fingerprint density at radius 3 is 2.50 bits per heavy atom. The third-order valence-electron chi connectivity index (χ3n) is 2.11. The van der Waals surface area contributed by atoms with Crippen LogP contribution in [0.3, 0.4) is 0 Å². The number of rotatable bonds is 2. The zero-order valence-electron chi connectivity index (χ0n) is 9.88. The summed E-state index contributed by atoms with van der Waals surface area (Å²) in [5.41, 5.74) is 1.21. The van der Waals surface area contributed by atoms with E-state index in [1.807, 2.05) is 16.8 Å². The molecule has 0 bridgehead atoms. The summed E-state index contributed by atoms with van der Waals surface area (Å²) in [6, 6.07) is 3.83. The average Bonchev–Trinajstić information content (AvgIpc) is 2.65. The summed E-state index contributed by atoms with van der Waals surface area (Å²) in [5, 5.41) is 4.44. The van der Waals surface area contributed by atoms with E-state index >= 15 is 0 Å². The smallest absolute Gasteiger partial charge is 0.181 e. The fourth-order valence-electron chi connectivity index (χ4n) is 1.49. The van der Waals surface area contributed by atoms with Crippen LogP contribution in [0.4, 0.5) is 0 Å². The van der Waals surface area contributed by atoms with Crippen LogP contribution in [-0.4, -0.2) is 19.7 Å².